The zero-order valence-electron chi connectivity index (χ0n) is 12.8. The molecule has 1 saturated carbocycles. The SMILES string of the molecule is COc1cccc2c(C(=O)N3O[C@@H]4C[C@H]3[C@@H](O)[C@H]4O)c(C)[nH]c12. The maximum absolute atomic E-state index is 12.9. The molecular formula is C16H18N2O5. The molecule has 4 atom stereocenters. The van der Waals surface area contributed by atoms with Crippen molar-refractivity contribution < 1.29 is 24.6 Å². The lowest BCUT2D eigenvalue weighted by molar-refractivity contribution is -0.216. The number of rotatable bonds is 2. The maximum Gasteiger partial charge on any atom is 0.280 e. The normalized spacial score (nSPS) is 29.5. The van der Waals surface area contributed by atoms with Crippen molar-refractivity contribution in [3.05, 3.63) is 29.5 Å². The number of benzene rings is 1. The summed E-state index contributed by atoms with van der Waals surface area (Å²) in [6, 6.07) is 4.97. The second-order valence-corrected chi connectivity index (χ2v) is 6.07. The first-order chi connectivity index (χ1) is 11.0. The van der Waals surface area contributed by atoms with Crippen molar-refractivity contribution >= 4 is 16.8 Å². The Morgan fingerprint density at radius 1 is 1.39 bits per heavy atom. The van der Waals surface area contributed by atoms with Crippen molar-refractivity contribution in [1.29, 1.82) is 0 Å². The molecule has 1 aliphatic carbocycles. The molecule has 2 bridgehead atoms. The number of nitrogens with zero attached hydrogens (tertiary/aromatic N) is 1. The Morgan fingerprint density at radius 3 is 2.83 bits per heavy atom. The molecule has 1 amide bonds. The minimum Gasteiger partial charge on any atom is -0.495 e. The van der Waals surface area contributed by atoms with Crippen molar-refractivity contribution in [2.75, 3.05) is 7.11 Å². The molecule has 3 N–H and O–H groups in total. The molecule has 1 aromatic carbocycles. The lowest BCUT2D eigenvalue weighted by Crippen LogP contribution is -2.50. The predicted molar refractivity (Wildman–Crippen MR) is 81.0 cm³/mol. The van der Waals surface area contributed by atoms with Gasteiger partial charge in [-0.15, -0.1) is 0 Å². The molecule has 0 radical (unpaired) electrons. The van der Waals surface area contributed by atoms with Gasteiger partial charge in [0.25, 0.3) is 5.91 Å². The van der Waals surface area contributed by atoms with Gasteiger partial charge in [0, 0.05) is 17.5 Å². The number of carbonyl (C=O) groups excluding carboxylic acids is 1. The number of aliphatic hydroxyl groups excluding tert-OH is 2. The number of aryl methyl sites for hydroxylation is 1. The number of fused-ring (bicyclic) bond motifs is 3. The van der Waals surface area contributed by atoms with E-state index in [1.165, 1.54) is 5.06 Å². The first-order valence-corrected chi connectivity index (χ1v) is 7.54. The van der Waals surface area contributed by atoms with Gasteiger partial charge in [0.15, 0.2) is 0 Å². The third kappa shape index (κ3) is 1.90. The van der Waals surface area contributed by atoms with Crippen molar-refractivity contribution in [2.45, 2.75) is 37.7 Å². The summed E-state index contributed by atoms with van der Waals surface area (Å²) < 4.78 is 5.32. The van der Waals surface area contributed by atoms with Crippen LogP contribution in [0.4, 0.5) is 0 Å². The van der Waals surface area contributed by atoms with Gasteiger partial charge in [-0.3, -0.25) is 9.63 Å². The van der Waals surface area contributed by atoms with E-state index in [-0.39, 0.29) is 5.91 Å². The molecule has 1 saturated heterocycles. The number of H-pyrrole nitrogens is 1. The monoisotopic (exact) mass is 318 g/mol. The van der Waals surface area contributed by atoms with Gasteiger partial charge < -0.3 is 19.9 Å². The molecule has 2 heterocycles. The number of carbonyl (C=O) groups is 1. The molecule has 2 aliphatic rings. The number of aliphatic hydroxyl groups is 2. The molecule has 2 fully saturated rings. The van der Waals surface area contributed by atoms with Crippen LogP contribution in [0, 0.1) is 6.92 Å². The Balaban J connectivity index is 1.76. The number of aromatic nitrogens is 1. The highest BCUT2D eigenvalue weighted by Crippen LogP contribution is 2.38. The molecular weight excluding hydrogens is 300 g/mol. The molecule has 4 rings (SSSR count). The van der Waals surface area contributed by atoms with E-state index in [1.54, 1.807) is 7.11 Å². The first-order valence-electron chi connectivity index (χ1n) is 7.54. The van der Waals surface area contributed by atoms with E-state index in [9.17, 15) is 15.0 Å². The number of hydroxylamine groups is 2. The zero-order valence-corrected chi connectivity index (χ0v) is 12.8. The fraction of sp³-hybridized carbons (Fsp3) is 0.438. The summed E-state index contributed by atoms with van der Waals surface area (Å²) in [5, 5.41) is 21.7. The lowest BCUT2D eigenvalue weighted by Gasteiger charge is -2.32. The molecule has 7 heteroatoms. The summed E-state index contributed by atoms with van der Waals surface area (Å²) in [5.41, 5.74) is 1.95. The van der Waals surface area contributed by atoms with Crippen LogP contribution < -0.4 is 4.74 Å². The third-order valence-electron chi connectivity index (χ3n) is 4.77. The zero-order chi connectivity index (χ0) is 16.3. The molecule has 1 aromatic heterocycles. The van der Waals surface area contributed by atoms with E-state index >= 15 is 0 Å². The number of amides is 1. The van der Waals surface area contributed by atoms with Crippen molar-refractivity contribution in [3.63, 3.8) is 0 Å². The van der Waals surface area contributed by atoms with Gasteiger partial charge in [-0.25, -0.2) is 5.06 Å². The van der Waals surface area contributed by atoms with Crippen LogP contribution in [0.3, 0.4) is 0 Å². The number of nitrogens with one attached hydrogen (secondary N) is 1. The van der Waals surface area contributed by atoms with Gasteiger partial charge in [0.05, 0.1) is 24.2 Å². The predicted octanol–water partition coefficient (Wildman–Crippen LogP) is 0.735. The summed E-state index contributed by atoms with van der Waals surface area (Å²) in [4.78, 5) is 21.6. The van der Waals surface area contributed by atoms with Gasteiger partial charge in [0.2, 0.25) is 0 Å². The second-order valence-electron chi connectivity index (χ2n) is 6.07. The number of hydrogen-bond acceptors (Lipinski definition) is 5. The molecule has 23 heavy (non-hydrogen) atoms. The van der Waals surface area contributed by atoms with Crippen LogP contribution in [-0.4, -0.2) is 57.6 Å². The summed E-state index contributed by atoms with van der Waals surface area (Å²) in [7, 11) is 1.58. The third-order valence-corrected chi connectivity index (χ3v) is 4.77. The Labute approximate surface area is 132 Å². The maximum atomic E-state index is 12.9. The van der Waals surface area contributed by atoms with E-state index in [4.69, 9.17) is 9.57 Å². The summed E-state index contributed by atoms with van der Waals surface area (Å²) in [5.74, 6) is 0.337. The molecule has 7 nitrogen and oxygen atoms in total. The van der Waals surface area contributed by atoms with Crippen molar-refractivity contribution in [3.8, 4) is 5.75 Å². The van der Waals surface area contributed by atoms with Crippen LogP contribution >= 0.6 is 0 Å². The molecule has 0 spiro atoms. The van der Waals surface area contributed by atoms with Crippen LogP contribution in [0.15, 0.2) is 18.2 Å². The molecule has 122 valence electrons. The van der Waals surface area contributed by atoms with Gasteiger partial charge in [0.1, 0.15) is 24.1 Å². The van der Waals surface area contributed by atoms with Crippen LogP contribution in [0.5, 0.6) is 5.75 Å². The highest BCUT2D eigenvalue weighted by molar-refractivity contribution is 6.09. The highest BCUT2D eigenvalue weighted by atomic mass is 16.7. The largest absolute Gasteiger partial charge is 0.495 e. The minimum atomic E-state index is -0.974. The Morgan fingerprint density at radius 2 is 2.17 bits per heavy atom. The number of ether oxygens (including phenoxy) is 1. The molecule has 2 aromatic rings. The fourth-order valence-electron chi connectivity index (χ4n) is 3.60. The number of aromatic amines is 1. The van der Waals surface area contributed by atoms with E-state index in [0.717, 1.165) is 10.9 Å². The Hall–Kier alpha value is -2.09. The van der Waals surface area contributed by atoms with Crippen LogP contribution in [0.25, 0.3) is 10.9 Å². The standard InChI is InChI=1S/C16H18N2O5/c1-7-12(8-4-3-5-10(22-2)13(8)17-7)16(21)18-9-6-11(23-18)15(20)14(9)19/h3-5,9,11,14-15,17,19-20H,6H2,1-2H3/t9-,11+,14+,15-/m0/s1. The van der Waals surface area contributed by atoms with Gasteiger partial charge in [-0.1, -0.05) is 12.1 Å². The van der Waals surface area contributed by atoms with Crippen molar-refractivity contribution in [2.24, 2.45) is 0 Å². The molecule has 1 aliphatic heterocycles. The Bertz CT molecular complexity index is 784. The summed E-state index contributed by atoms with van der Waals surface area (Å²) in [6.45, 7) is 1.81. The van der Waals surface area contributed by atoms with Gasteiger partial charge >= 0.3 is 0 Å². The number of hydrogen-bond donors (Lipinski definition) is 3. The number of methoxy groups -OCH3 is 1. The average Bonchev–Trinajstić information content (AvgIpc) is 3.19. The molecule has 0 unspecified atom stereocenters. The van der Waals surface area contributed by atoms with Crippen LogP contribution in [0.1, 0.15) is 22.5 Å². The highest BCUT2D eigenvalue weighted by Gasteiger charge is 2.54. The minimum absolute atomic E-state index is 0.319. The average molecular weight is 318 g/mol. The topological polar surface area (TPSA) is 95.0 Å². The Kier molecular flexibility index (Phi) is 3.12. The van der Waals surface area contributed by atoms with Crippen LogP contribution in [-0.2, 0) is 4.84 Å². The quantitative estimate of drug-likeness (QED) is 0.759. The summed E-state index contributed by atoms with van der Waals surface area (Å²) in [6.07, 6.45) is -2.00. The second kappa shape index (κ2) is 4.95. The lowest BCUT2D eigenvalue weighted by atomic mass is 10.1. The van der Waals surface area contributed by atoms with E-state index in [0.29, 0.717) is 23.4 Å². The summed E-state index contributed by atoms with van der Waals surface area (Å²) >= 11 is 0. The smallest absolute Gasteiger partial charge is 0.280 e. The number of para-hydroxylation sites is 1. The van der Waals surface area contributed by atoms with Crippen molar-refractivity contribution in [1.82, 2.24) is 10.0 Å². The van der Waals surface area contributed by atoms with Gasteiger partial charge in [-0.2, -0.15) is 0 Å². The fourth-order valence-corrected chi connectivity index (χ4v) is 3.60. The van der Waals surface area contributed by atoms with E-state index in [1.807, 2.05) is 25.1 Å². The van der Waals surface area contributed by atoms with E-state index < -0.39 is 24.4 Å². The first kappa shape index (κ1) is 14.5. The van der Waals surface area contributed by atoms with Gasteiger partial charge in [-0.05, 0) is 13.0 Å². The van der Waals surface area contributed by atoms with E-state index in [2.05, 4.69) is 4.98 Å². The van der Waals surface area contributed by atoms with Crippen LogP contribution in [0.2, 0.25) is 0 Å².